The number of rotatable bonds is 4. The zero-order chi connectivity index (χ0) is 17.3. The van der Waals surface area contributed by atoms with Gasteiger partial charge in [-0.2, -0.15) is 0 Å². The maximum Gasteiger partial charge on any atom is 0.268 e. The first-order chi connectivity index (χ1) is 11.4. The van der Waals surface area contributed by atoms with Crippen LogP contribution in [0.15, 0.2) is 27.0 Å². The third-order valence-corrected chi connectivity index (χ3v) is 3.67. The Hall–Kier alpha value is -1.73. The van der Waals surface area contributed by atoms with Crippen molar-refractivity contribution in [2.45, 2.75) is 10.4 Å². The molecule has 1 N–H and O–H groups in total. The molecule has 3 aromatic rings. The minimum atomic E-state index is -1.77. The van der Waals surface area contributed by atoms with Crippen LogP contribution in [0.25, 0.3) is 23.1 Å². The number of fused-ring (bicyclic) bond motifs is 1. The average Bonchev–Trinajstić information content (AvgIpc) is 3.17. The number of benzene rings is 1. The largest absolute Gasteiger partial charge is 0.496 e. The van der Waals surface area contributed by atoms with E-state index in [4.69, 9.17) is 48.4 Å². The van der Waals surface area contributed by atoms with E-state index in [2.05, 4.69) is 10.2 Å². The van der Waals surface area contributed by atoms with Crippen molar-refractivity contribution < 1.29 is 18.7 Å². The summed E-state index contributed by atoms with van der Waals surface area (Å²) in [7, 11) is 1.53. The van der Waals surface area contributed by atoms with Crippen LogP contribution in [-0.2, 0) is 10.4 Å². The van der Waals surface area contributed by atoms with Crippen LogP contribution in [0, 0.1) is 0 Å². The molecule has 0 aliphatic rings. The van der Waals surface area contributed by atoms with Crippen molar-refractivity contribution in [1.82, 2.24) is 10.2 Å². The lowest BCUT2D eigenvalue weighted by Gasteiger charge is -2.04. The van der Waals surface area contributed by atoms with Crippen LogP contribution in [0.4, 0.5) is 0 Å². The van der Waals surface area contributed by atoms with Crippen LogP contribution >= 0.6 is 34.8 Å². The maximum absolute atomic E-state index is 9.35. The van der Waals surface area contributed by atoms with Gasteiger partial charge in [0.15, 0.2) is 0 Å². The lowest BCUT2D eigenvalue weighted by atomic mass is 10.1. The van der Waals surface area contributed by atoms with Gasteiger partial charge in [-0.15, -0.1) is 10.2 Å². The van der Waals surface area contributed by atoms with E-state index in [0.29, 0.717) is 22.7 Å². The summed E-state index contributed by atoms with van der Waals surface area (Å²) in [5, 5.41) is 17.6. The highest BCUT2D eigenvalue weighted by atomic mass is 35.6. The molecule has 24 heavy (non-hydrogen) atoms. The molecule has 6 nitrogen and oxygen atoms in total. The van der Waals surface area contributed by atoms with Crippen LogP contribution in [0.3, 0.4) is 0 Å². The number of hydrogen-bond donors (Lipinski definition) is 1. The standard InChI is InChI=1S/C15H11Cl3N2O4/c1-22-11-6-12-8(4-9(11)7-21)5-10(23-12)2-3-13-19-20-14(24-13)15(16,17)18/h2-6,21H,7H2,1H3. The Bertz CT molecular complexity index is 855. The van der Waals surface area contributed by atoms with Gasteiger partial charge in [0.2, 0.25) is 5.89 Å². The second kappa shape index (κ2) is 6.64. The van der Waals surface area contributed by atoms with E-state index in [1.807, 2.05) is 0 Å². The Morgan fingerprint density at radius 3 is 2.58 bits per heavy atom. The van der Waals surface area contributed by atoms with Crippen molar-refractivity contribution >= 4 is 57.9 Å². The fourth-order valence-corrected chi connectivity index (χ4v) is 2.33. The molecule has 0 bridgehead atoms. The second-order valence-corrected chi connectivity index (χ2v) is 7.07. The normalized spacial score (nSPS) is 12.4. The van der Waals surface area contributed by atoms with Crippen molar-refractivity contribution in [3.63, 3.8) is 0 Å². The van der Waals surface area contributed by atoms with Crippen LogP contribution < -0.4 is 4.74 Å². The van der Waals surface area contributed by atoms with E-state index in [-0.39, 0.29) is 18.4 Å². The van der Waals surface area contributed by atoms with E-state index < -0.39 is 3.79 Å². The van der Waals surface area contributed by atoms with Crippen molar-refractivity contribution in [1.29, 1.82) is 0 Å². The van der Waals surface area contributed by atoms with Crippen LogP contribution in [0.1, 0.15) is 23.1 Å². The topological polar surface area (TPSA) is 81.5 Å². The molecule has 3 rings (SSSR count). The van der Waals surface area contributed by atoms with Gasteiger partial charge in [0.1, 0.15) is 17.1 Å². The summed E-state index contributed by atoms with van der Waals surface area (Å²) in [5.41, 5.74) is 1.29. The minimum absolute atomic E-state index is 0.117. The Morgan fingerprint density at radius 1 is 1.17 bits per heavy atom. The summed E-state index contributed by atoms with van der Waals surface area (Å²) < 4.78 is 14.3. The predicted octanol–water partition coefficient (Wildman–Crippen LogP) is 4.31. The number of hydrogen-bond acceptors (Lipinski definition) is 6. The van der Waals surface area contributed by atoms with Crippen LogP contribution in [0.5, 0.6) is 5.75 Å². The quantitative estimate of drug-likeness (QED) is 0.669. The van der Waals surface area contributed by atoms with Crippen LogP contribution in [0.2, 0.25) is 0 Å². The van der Waals surface area contributed by atoms with Crippen molar-refractivity contribution in [2.75, 3.05) is 7.11 Å². The molecule has 1 aromatic carbocycles. The Kier molecular flexibility index (Phi) is 4.73. The SMILES string of the molecule is COc1cc2oc(C=Cc3nnc(C(Cl)(Cl)Cl)o3)cc2cc1CO. The second-order valence-electron chi connectivity index (χ2n) is 4.79. The Balaban J connectivity index is 1.88. The number of halogens is 3. The van der Waals surface area contributed by atoms with Gasteiger partial charge >= 0.3 is 0 Å². The van der Waals surface area contributed by atoms with Crippen molar-refractivity contribution in [2.24, 2.45) is 0 Å². The maximum atomic E-state index is 9.35. The lowest BCUT2D eigenvalue weighted by molar-refractivity contribution is 0.274. The number of nitrogens with zero attached hydrogens (tertiary/aromatic N) is 2. The molecule has 9 heteroatoms. The first kappa shape index (κ1) is 17.1. The van der Waals surface area contributed by atoms with Gasteiger partial charge in [-0.1, -0.05) is 34.8 Å². The summed E-state index contributed by atoms with van der Waals surface area (Å²) in [6, 6.07) is 5.31. The summed E-state index contributed by atoms with van der Waals surface area (Å²) in [6.07, 6.45) is 3.18. The smallest absolute Gasteiger partial charge is 0.268 e. The van der Waals surface area contributed by atoms with Gasteiger partial charge in [-0.3, -0.25) is 0 Å². The molecule has 0 saturated heterocycles. The molecule has 0 aliphatic carbocycles. The lowest BCUT2D eigenvalue weighted by Crippen LogP contribution is -1.99. The highest BCUT2D eigenvalue weighted by Gasteiger charge is 2.29. The number of furan rings is 1. The molecule has 0 fully saturated rings. The summed E-state index contributed by atoms with van der Waals surface area (Å²) in [5.74, 6) is 1.16. The third kappa shape index (κ3) is 3.52. The minimum Gasteiger partial charge on any atom is -0.496 e. The molecular formula is C15H11Cl3N2O4. The number of ether oxygens (including phenoxy) is 1. The highest BCUT2D eigenvalue weighted by molar-refractivity contribution is 6.66. The summed E-state index contributed by atoms with van der Waals surface area (Å²) >= 11 is 17.0. The van der Waals surface area contributed by atoms with Crippen molar-refractivity contribution in [3.05, 3.63) is 41.3 Å². The Labute approximate surface area is 151 Å². The number of aromatic nitrogens is 2. The van der Waals surface area contributed by atoms with E-state index in [9.17, 15) is 5.11 Å². The van der Waals surface area contributed by atoms with E-state index in [1.54, 1.807) is 24.3 Å². The molecule has 0 aliphatic heterocycles. The number of aliphatic hydroxyl groups is 1. The third-order valence-electron chi connectivity index (χ3n) is 3.18. The molecule has 0 amide bonds. The zero-order valence-electron chi connectivity index (χ0n) is 12.3. The number of alkyl halides is 3. The van der Waals surface area contributed by atoms with Gasteiger partial charge in [0, 0.05) is 23.1 Å². The molecule has 0 atom stereocenters. The van der Waals surface area contributed by atoms with E-state index >= 15 is 0 Å². The van der Waals surface area contributed by atoms with E-state index in [0.717, 1.165) is 5.39 Å². The molecule has 0 saturated carbocycles. The number of aliphatic hydroxyl groups excluding tert-OH is 1. The van der Waals surface area contributed by atoms with Gasteiger partial charge in [0.25, 0.3) is 9.68 Å². The van der Waals surface area contributed by atoms with Gasteiger partial charge in [0.05, 0.1) is 13.7 Å². The zero-order valence-corrected chi connectivity index (χ0v) is 14.6. The monoisotopic (exact) mass is 388 g/mol. The first-order valence-corrected chi connectivity index (χ1v) is 7.84. The van der Waals surface area contributed by atoms with Gasteiger partial charge < -0.3 is 18.7 Å². The van der Waals surface area contributed by atoms with E-state index in [1.165, 1.54) is 13.2 Å². The average molecular weight is 390 g/mol. The highest BCUT2D eigenvalue weighted by Crippen LogP contribution is 2.37. The predicted molar refractivity (Wildman–Crippen MR) is 91.2 cm³/mol. The fourth-order valence-electron chi connectivity index (χ4n) is 2.10. The fraction of sp³-hybridized carbons (Fsp3) is 0.200. The van der Waals surface area contributed by atoms with Crippen molar-refractivity contribution in [3.8, 4) is 5.75 Å². The first-order valence-electron chi connectivity index (χ1n) is 6.71. The molecule has 2 aromatic heterocycles. The van der Waals surface area contributed by atoms with Crippen LogP contribution in [-0.4, -0.2) is 22.4 Å². The summed E-state index contributed by atoms with van der Waals surface area (Å²) in [6.45, 7) is -0.128. The number of methoxy groups -OCH3 is 1. The molecule has 2 heterocycles. The molecule has 0 spiro atoms. The molecule has 0 unspecified atom stereocenters. The Morgan fingerprint density at radius 2 is 1.96 bits per heavy atom. The van der Waals surface area contributed by atoms with Gasteiger partial charge in [-0.25, -0.2) is 0 Å². The van der Waals surface area contributed by atoms with Gasteiger partial charge in [-0.05, 0) is 18.2 Å². The summed E-state index contributed by atoms with van der Waals surface area (Å²) in [4.78, 5) is 0. The molecule has 0 radical (unpaired) electrons. The molecule has 126 valence electrons. The molecular weight excluding hydrogens is 379 g/mol.